The number of nitrogens with one attached hydrogen (secondary N) is 1. The Kier molecular flexibility index (Phi) is 3.88. The van der Waals surface area contributed by atoms with Crippen LogP contribution in [0.4, 0.5) is 24.5 Å². The molecule has 0 aliphatic rings. The lowest BCUT2D eigenvalue weighted by molar-refractivity contribution is -0.137. The molecule has 1 amide bonds. The minimum absolute atomic E-state index is 0.120. The van der Waals surface area contributed by atoms with E-state index in [0.717, 1.165) is 12.1 Å². The Morgan fingerprint density at radius 1 is 1.43 bits per heavy atom. The van der Waals surface area contributed by atoms with Gasteiger partial charge in [0.2, 0.25) is 5.91 Å². The van der Waals surface area contributed by atoms with Crippen molar-refractivity contribution < 1.29 is 18.0 Å². The summed E-state index contributed by atoms with van der Waals surface area (Å²) in [5.74, 6) is -0.486. The second-order valence-corrected chi connectivity index (χ2v) is 4.55. The molecule has 0 aliphatic heterocycles. The summed E-state index contributed by atoms with van der Waals surface area (Å²) in [5.41, 5.74) is 5.71. The molecule has 0 fully saturated rings. The minimum Gasteiger partial charge on any atom is -0.396 e. The predicted octanol–water partition coefficient (Wildman–Crippen LogP) is 2.43. The zero-order valence-electron chi connectivity index (χ0n) is 11.1. The maximum Gasteiger partial charge on any atom is 0.416 e. The third-order valence-electron chi connectivity index (χ3n) is 2.80. The van der Waals surface area contributed by atoms with Crippen LogP contribution in [-0.4, -0.2) is 15.7 Å². The molecule has 1 aromatic heterocycles. The fraction of sp³-hybridized carbons (Fsp3) is 0.231. The first-order valence-electron chi connectivity index (χ1n) is 6.01. The highest BCUT2D eigenvalue weighted by Gasteiger charge is 2.30. The van der Waals surface area contributed by atoms with Gasteiger partial charge in [0.1, 0.15) is 6.54 Å². The number of aromatic nitrogens is 2. The van der Waals surface area contributed by atoms with Crippen molar-refractivity contribution in [2.75, 3.05) is 11.1 Å². The van der Waals surface area contributed by atoms with Gasteiger partial charge in [-0.05, 0) is 24.6 Å². The van der Waals surface area contributed by atoms with Gasteiger partial charge in [0.05, 0.1) is 17.4 Å². The number of nitrogen functional groups attached to an aromatic ring is 1. The van der Waals surface area contributed by atoms with Gasteiger partial charge in [0.25, 0.3) is 0 Å². The fourth-order valence-corrected chi connectivity index (χ4v) is 1.74. The van der Waals surface area contributed by atoms with Crippen LogP contribution < -0.4 is 11.1 Å². The number of aryl methyl sites for hydroxylation is 1. The van der Waals surface area contributed by atoms with Gasteiger partial charge < -0.3 is 11.1 Å². The van der Waals surface area contributed by atoms with Crippen molar-refractivity contribution >= 4 is 17.3 Å². The minimum atomic E-state index is -4.45. The van der Waals surface area contributed by atoms with Crippen LogP contribution in [0.3, 0.4) is 0 Å². The van der Waals surface area contributed by atoms with Crippen molar-refractivity contribution in [3.63, 3.8) is 0 Å². The highest BCUT2D eigenvalue weighted by atomic mass is 19.4. The van der Waals surface area contributed by atoms with E-state index in [1.807, 2.05) is 0 Å². The van der Waals surface area contributed by atoms with Crippen molar-refractivity contribution in [3.8, 4) is 0 Å². The molecule has 8 heteroatoms. The van der Waals surface area contributed by atoms with Crippen molar-refractivity contribution in [2.24, 2.45) is 0 Å². The summed E-state index contributed by atoms with van der Waals surface area (Å²) in [6.45, 7) is 1.48. The number of halogens is 3. The number of benzene rings is 1. The molecular formula is C13H13F3N4O. The number of hydrogen-bond acceptors (Lipinski definition) is 3. The van der Waals surface area contributed by atoms with E-state index in [2.05, 4.69) is 10.4 Å². The molecule has 2 aromatic rings. The standard InChI is InChI=1S/C13H13F3N4O/c1-8-2-3-9(13(14,15)16)4-11(8)19-12(21)7-20-6-10(17)5-18-20/h2-6H,7,17H2,1H3,(H,19,21). The third kappa shape index (κ3) is 3.74. The van der Waals surface area contributed by atoms with Crippen LogP contribution in [0, 0.1) is 6.92 Å². The summed E-state index contributed by atoms with van der Waals surface area (Å²) in [6, 6.07) is 3.19. The van der Waals surface area contributed by atoms with Gasteiger partial charge in [0.15, 0.2) is 0 Å². The maximum absolute atomic E-state index is 12.6. The molecule has 21 heavy (non-hydrogen) atoms. The molecule has 112 valence electrons. The SMILES string of the molecule is Cc1ccc(C(F)(F)F)cc1NC(=O)Cn1cc(N)cn1. The molecule has 0 saturated heterocycles. The van der Waals surface area contributed by atoms with Crippen LogP contribution in [0.1, 0.15) is 11.1 Å². The zero-order chi connectivity index (χ0) is 15.6. The Hall–Kier alpha value is -2.51. The largest absolute Gasteiger partial charge is 0.416 e. The molecule has 0 bridgehead atoms. The van der Waals surface area contributed by atoms with E-state index >= 15 is 0 Å². The highest BCUT2D eigenvalue weighted by Crippen LogP contribution is 2.32. The molecule has 0 atom stereocenters. The molecule has 0 unspecified atom stereocenters. The second kappa shape index (κ2) is 5.47. The molecule has 0 radical (unpaired) electrons. The van der Waals surface area contributed by atoms with Gasteiger partial charge >= 0.3 is 6.18 Å². The van der Waals surface area contributed by atoms with Crippen LogP contribution in [-0.2, 0) is 17.5 Å². The van der Waals surface area contributed by atoms with E-state index in [0.29, 0.717) is 11.3 Å². The highest BCUT2D eigenvalue weighted by molar-refractivity contribution is 5.91. The first-order chi connectivity index (χ1) is 9.75. The van der Waals surface area contributed by atoms with E-state index in [1.165, 1.54) is 23.1 Å². The van der Waals surface area contributed by atoms with E-state index < -0.39 is 17.6 Å². The second-order valence-electron chi connectivity index (χ2n) is 4.55. The van der Waals surface area contributed by atoms with Gasteiger partial charge in [-0.3, -0.25) is 9.48 Å². The Balaban J connectivity index is 2.13. The van der Waals surface area contributed by atoms with Crippen LogP contribution in [0.2, 0.25) is 0 Å². The Labute approximate surface area is 118 Å². The number of carbonyl (C=O) groups excluding carboxylic acids is 1. The maximum atomic E-state index is 12.6. The van der Waals surface area contributed by atoms with Gasteiger partial charge in [-0.2, -0.15) is 18.3 Å². The number of amides is 1. The lowest BCUT2D eigenvalue weighted by atomic mass is 10.1. The summed E-state index contributed by atoms with van der Waals surface area (Å²) < 4.78 is 39.2. The van der Waals surface area contributed by atoms with Crippen molar-refractivity contribution in [3.05, 3.63) is 41.7 Å². The molecule has 5 nitrogen and oxygen atoms in total. The Bertz CT molecular complexity index is 664. The molecule has 0 spiro atoms. The van der Waals surface area contributed by atoms with Crippen molar-refractivity contribution in [2.45, 2.75) is 19.6 Å². The quantitative estimate of drug-likeness (QED) is 0.914. The number of rotatable bonds is 3. The summed E-state index contributed by atoms with van der Waals surface area (Å²) in [5, 5.41) is 6.27. The molecule has 1 aromatic carbocycles. The van der Waals surface area contributed by atoms with Crippen LogP contribution >= 0.6 is 0 Å². The normalized spacial score (nSPS) is 11.4. The zero-order valence-corrected chi connectivity index (χ0v) is 11.1. The van der Waals surface area contributed by atoms with E-state index in [-0.39, 0.29) is 12.2 Å². The van der Waals surface area contributed by atoms with Gasteiger partial charge in [-0.15, -0.1) is 0 Å². The molecule has 0 aliphatic carbocycles. The van der Waals surface area contributed by atoms with Crippen molar-refractivity contribution in [1.29, 1.82) is 0 Å². The number of alkyl halides is 3. The van der Waals surface area contributed by atoms with Crippen LogP contribution in [0.15, 0.2) is 30.6 Å². The first kappa shape index (κ1) is 14.9. The lowest BCUT2D eigenvalue weighted by Gasteiger charge is -2.12. The van der Waals surface area contributed by atoms with E-state index in [9.17, 15) is 18.0 Å². The van der Waals surface area contributed by atoms with Gasteiger partial charge in [-0.1, -0.05) is 6.07 Å². The third-order valence-corrected chi connectivity index (χ3v) is 2.80. The van der Waals surface area contributed by atoms with E-state index in [4.69, 9.17) is 5.73 Å². The van der Waals surface area contributed by atoms with Crippen LogP contribution in [0.5, 0.6) is 0 Å². The average Bonchev–Trinajstić information content (AvgIpc) is 2.76. The summed E-state index contributed by atoms with van der Waals surface area (Å²) >= 11 is 0. The number of hydrogen-bond donors (Lipinski definition) is 2. The summed E-state index contributed by atoms with van der Waals surface area (Å²) in [7, 11) is 0. The predicted molar refractivity (Wildman–Crippen MR) is 71.5 cm³/mol. The molecule has 3 N–H and O–H groups in total. The summed E-state index contributed by atoms with van der Waals surface area (Å²) in [4.78, 5) is 11.8. The lowest BCUT2D eigenvalue weighted by Crippen LogP contribution is -2.20. The fourth-order valence-electron chi connectivity index (χ4n) is 1.74. The number of carbonyl (C=O) groups is 1. The first-order valence-corrected chi connectivity index (χ1v) is 6.01. The summed E-state index contributed by atoms with van der Waals surface area (Å²) in [6.07, 6.45) is -1.62. The Morgan fingerprint density at radius 2 is 2.14 bits per heavy atom. The van der Waals surface area contributed by atoms with Crippen molar-refractivity contribution in [1.82, 2.24) is 9.78 Å². The Morgan fingerprint density at radius 3 is 2.71 bits per heavy atom. The smallest absolute Gasteiger partial charge is 0.396 e. The van der Waals surface area contributed by atoms with Crippen LogP contribution in [0.25, 0.3) is 0 Å². The molecular weight excluding hydrogens is 285 g/mol. The molecule has 2 rings (SSSR count). The molecule has 1 heterocycles. The number of nitrogens with two attached hydrogens (primary N) is 1. The molecule has 0 saturated carbocycles. The number of anilines is 2. The van der Waals surface area contributed by atoms with Gasteiger partial charge in [0, 0.05) is 11.9 Å². The van der Waals surface area contributed by atoms with Gasteiger partial charge in [-0.25, -0.2) is 0 Å². The average molecular weight is 298 g/mol. The number of nitrogens with zero attached hydrogens (tertiary/aromatic N) is 2. The topological polar surface area (TPSA) is 72.9 Å². The van der Waals surface area contributed by atoms with E-state index in [1.54, 1.807) is 6.92 Å². The monoisotopic (exact) mass is 298 g/mol.